The van der Waals surface area contributed by atoms with Gasteiger partial charge in [0.15, 0.2) is 0 Å². The molecule has 0 saturated carbocycles. The Labute approximate surface area is 190 Å². The van der Waals surface area contributed by atoms with Crippen molar-refractivity contribution in [2.45, 2.75) is 13.8 Å². The highest BCUT2D eigenvalue weighted by Gasteiger charge is 2.15. The maximum Gasteiger partial charge on any atom is 0.275 e. The lowest BCUT2D eigenvalue weighted by Gasteiger charge is -2.14. The van der Waals surface area contributed by atoms with Crippen LogP contribution in [0, 0.1) is 13.8 Å². The van der Waals surface area contributed by atoms with Gasteiger partial charge in [-0.1, -0.05) is 35.9 Å². The van der Waals surface area contributed by atoms with Crippen LogP contribution >= 0.6 is 11.6 Å². The molecule has 0 aliphatic heterocycles. The molecule has 4 rings (SSSR count). The molecule has 0 saturated heterocycles. The molecule has 6 nitrogen and oxygen atoms in total. The Bertz CT molecular complexity index is 1360. The number of carbonyl (C=O) groups excluding carboxylic acids is 1. The second-order valence-electron chi connectivity index (χ2n) is 7.39. The Balaban J connectivity index is 1.59. The average Bonchev–Trinajstić information content (AvgIpc) is 3.06. The molecule has 4 aromatic rings. The van der Waals surface area contributed by atoms with E-state index >= 15 is 0 Å². The molecule has 2 N–H and O–H groups in total. The van der Waals surface area contributed by atoms with Crippen LogP contribution in [0.4, 0.5) is 0 Å². The van der Waals surface area contributed by atoms with Gasteiger partial charge in [0.1, 0.15) is 11.5 Å². The molecular weight excluding hydrogens is 426 g/mol. The number of ether oxygens (including phenoxy) is 1. The topological polar surface area (TPSA) is 75.8 Å². The van der Waals surface area contributed by atoms with Crippen molar-refractivity contribution in [1.29, 1.82) is 0 Å². The number of methoxy groups -OCH3 is 1. The number of hydrazone groups is 1. The Morgan fingerprint density at radius 2 is 1.81 bits per heavy atom. The number of halogens is 1. The number of hydrogen-bond donors (Lipinski definition) is 2. The number of carbonyl (C=O) groups is 1. The minimum atomic E-state index is -0.491. The molecule has 0 fully saturated rings. The van der Waals surface area contributed by atoms with Gasteiger partial charge in [-0.2, -0.15) is 5.10 Å². The summed E-state index contributed by atoms with van der Waals surface area (Å²) in [5.74, 6) is 0.109. The van der Waals surface area contributed by atoms with Crippen LogP contribution in [-0.4, -0.2) is 28.9 Å². The minimum Gasteiger partial charge on any atom is -0.507 e. The Morgan fingerprint density at radius 3 is 2.53 bits per heavy atom. The molecule has 0 radical (unpaired) electrons. The SMILES string of the molecule is COc1ccc(Cl)cc1-n1c(C)cc(C=NNC(=O)c2cc3ccccc3cc2O)c1C. The normalized spacial score (nSPS) is 11.2. The number of nitrogens with zero attached hydrogens (tertiary/aromatic N) is 2. The molecular formula is C25H22ClN3O3. The maximum absolute atomic E-state index is 12.6. The van der Waals surface area contributed by atoms with Gasteiger partial charge in [0.2, 0.25) is 0 Å². The van der Waals surface area contributed by atoms with Crippen LogP contribution in [0.1, 0.15) is 27.3 Å². The number of aromatic hydroxyl groups is 1. The predicted molar refractivity (Wildman–Crippen MR) is 127 cm³/mol. The highest BCUT2D eigenvalue weighted by molar-refractivity contribution is 6.30. The standard InChI is InChI=1S/C25H22ClN3O3/c1-15-10-19(16(2)29(15)22-13-20(26)8-9-24(22)32-3)14-27-28-25(31)21-11-17-6-4-5-7-18(17)12-23(21)30/h4-14,30H,1-3H3,(H,28,31). The van der Waals surface area contributed by atoms with Crippen molar-refractivity contribution in [2.75, 3.05) is 7.11 Å². The Kier molecular flexibility index (Phi) is 5.88. The van der Waals surface area contributed by atoms with Crippen molar-refractivity contribution >= 4 is 34.5 Å². The average molecular weight is 448 g/mol. The van der Waals surface area contributed by atoms with E-state index < -0.39 is 5.91 Å². The van der Waals surface area contributed by atoms with E-state index in [4.69, 9.17) is 16.3 Å². The second kappa shape index (κ2) is 8.77. The van der Waals surface area contributed by atoms with E-state index in [1.807, 2.05) is 60.9 Å². The smallest absolute Gasteiger partial charge is 0.275 e. The lowest BCUT2D eigenvalue weighted by molar-refractivity contribution is 0.0952. The number of aryl methyl sites for hydroxylation is 1. The van der Waals surface area contributed by atoms with E-state index in [2.05, 4.69) is 10.5 Å². The number of phenolic OH excluding ortho intramolecular Hbond substituents is 1. The quantitative estimate of drug-likeness (QED) is 0.318. The largest absolute Gasteiger partial charge is 0.507 e. The molecule has 7 heteroatoms. The van der Waals surface area contributed by atoms with Crippen LogP contribution in [0.3, 0.4) is 0 Å². The fourth-order valence-corrected chi connectivity index (χ4v) is 3.92. The van der Waals surface area contributed by atoms with E-state index in [1.165, 1.54) is 0 Å². The third kappa shape index (κ3) is 4.05. The zero-order valence-corrected chi connectivity index (χ0v) is 18.6. The van der Waals surface area contributed by atoms with Crippen LogP contribution in [0.2, 0.25) is 5.02 Å². The van der Waals surface area contributed by atoms with Crippen molar-refractivity contribution in [3.63, 3.8) is 0 Å². The van der Waals surface area contributed by atoms with Crippen LogP contribution < -0.4 is 10.2 Å². The van der Waals surface area contributed by atoms with E-state index in [9.17, 15) is 9.90 Å². The summed E-state index contributed by atoms with van der Waals surface area (Å²) in [7, 11) is 1.61. The molecule has 0 spiro atoms. The van der Waals surface area contributed by atoms with Gasteiger partial charge in [-0.25, -0.2) is 5.43 Å². The number of rotatable bonds is 5. The molecule has 0 unspecified atom stereocenters. The molecule has 1 heterocycles. The highest BCUT2D eigenvalue weighted by atomic mass is 35.5. The van der Waals surface area contributed by atoms with Gasteiger partial charge >= 0.3 is 0 Å². The summed E-state index contributed by atoms with van der Waals surface area (Å²) in [6, 6.07) is 18.1. The van der Waals surface area contributed by atoms with Crippen molar-refractivity contribution in [3.05, 3.63) is 88.2 Å². The molecule has 162 valence electrons. The lowest BCUT2D eigenvalue weighted by atomic mass is 10.1. The van der Waals surface area contributed by atoms with Crippen molar-refractivity contribution in [3.8, 4) is 17.2 Å². The first kappa shape index (κ1) is 21.5. The first-order valence-corrected chi connectivity index (χ1v) is 10.3. The van der Waals surface area contributed by atoms with Crippen LogP contribution in [-0.2, 0) is 0 Å². The summed E-state index contributed by atoms with van der Waals surface area (Å²) >= 11 is 6.20. The molecule has 0 bridgehead atoms. The Hall–Kier alpha value is -3.77. The summed E-state index contributed by atoms with van der Waals surface area (Å²) in [4.78, 5) is 12.6. The van der Waals surface area contributed by atoms with E-state index in [0.717, 1.165) is 33.4 Å². The summed E-state index contributed by atoms with van der Waals surface area (Å²) in [5, 5.41) is 16.7. The van der Waals surface area contributed by atoms with E-state index in [1.54, 1.807) is 31.5 Å². The van der Waals surface area contributed by atoms with Gasteiger partial charge in [0, 0.05) is 22.0 Å². The van der Waals surface area contributed by atoms with Gasteiger partial charge in [-0.15, -0.1) is 0 Å². The predicted octanol–water partition coefficient (Wildman–Crippen LogP) is 5.38. The minimum absolute atomic E-state index is 0.0948. The fraction of sp³-hybridized carbons (Fsp3) is 0.120. The van der Waals surface area contributed by atoms with Gasteiger partial charge in [0.05, 0.1) is 24.6 Å². The number of nitrogens with one attached hydrogen (secondary N) is 1. The van der Waals surface area contributed by atoms with Crippen molar-refractivity contribution < 1.29 is 14.6 Å². The van der Waals surface area contributed by atoms with Crippen molar-refractivity contribution in [1.82, 2.24) is 9.99 Å². The van der Waals surface area contributed by atoms with Gasteiger partial charge < -0.3 is 14.4 Å². The fourth-order valence-electron chi connectivity index (χ4n) is 3.76. The summed E-state index contributed by atoms with van der Waals surface area (Å²) < 4.78 is 7.50. The number of aromatic nitrogens is 1. The Morgan fingerprint density at radius 1 is 1.09 bits per heavy atom. The van der Waals surface area contributed by atoms with Crippen molar-refractivity contribution in [2.24, 2.45) is 5.10 Å². The number of benzene rings is 3. The molecule has 1 aromatic heterocycles. The van der Waals surface area contributed by atoms with Crippen LogP contribution in [0.15, 0.2) is 65.8 Å². The van der Waals surface area contributed by atoms with E-state index in [0.29, 0.717) is 10.8 Å². The zero-order valence-electron chi connectivity index (χ0n) is 17.9. The number of hydrogen-bond acceptors (Lipinski definition) is 4. The summed E-state index contributed by atoms with van der Waals surface area (Å²) in [6.45, 7) is 3.92. The van der Waals surface area contributed by atoms with Crippen LogP contribution in [0.5, 0.6) is 11.5 Å². The van der Waals surface area contributed by atoms with Gasteiger partial charge in [-0.05, 0) is 61.0 Å². The monoisotopic (exact) mass is 447 g/mol. The third-order valence-electron chi connectivity index (χ3n) is 5.33. The maximum atomic E-state index is 12.6. The number of fused-ring (bicyclic) bond motifs is 1. The molecule has 0 atom stereocenters. The third-order valence-corrected chi connectivity index (χ3v) is 5.57. The first-order chi connectivity index (χ1) is 15.4. The first-order valence-electron chi connectivity index (χ1n) is 9.97. The van der Waals surface area contributed by atoms with Crippen LogP contribution in [0.25, 0.3) is 16.5 Å². The molecule has 0 aliphatic carbocycles. The van der Waals surface area contributed by atoms with Gasteiger partial charge in [-0.3, -0.25) is 4.79 Å². The molecule has 3 aromatic carbocycles. The summed E-state index contributed by atoms with van der Waals surface area (Å²) in [5.41, 5.74) is 6.18. The molecule has 0 aliphatic rings. The summed E-state index contributed by atoms with van der Waals surface area (Å²) in [6.07, 6.45) is 1.58. The lowest BCUT2D eigenvalue weighted by Crippen LogP contribution is -2.17. The zero-order chi connectivity index (χ0) is 22.8. The van der Waals surface area contributed by atoms with Gasteiger partial charge in [0.25, 0.3) is 5.91 Å². The molecule has 32 heavy (non-hydrogen) atoms. The molecule has 1 amide bonds. The number of amides is 1. The second-order valence-corrected chi connectivity index (χ2v) is 7.83. The number of phenols is 1. The highest BCUT2D eigenvalue weighted by Crippen LogP contribution is 2.30. The van der Waals surface area contributed by atoms with E-state index in [-0.39, 0.29) is 11.3 Å².